The number of carbonyl (C=O) groups excluding carboxylic acids is 2. The molecular formula is C28H28N4O5S. The highest BCUT2D eigenvalue weighted by atomic mass is 32.2. The number of anilines is 1. The van der Waals surface area contributed by atoms with E-state index in [1.165, 1.54) is 29.5 Å². The summed E-state index contributed by atoms with van der Waals surface area (Å²) < 4.78 is 33.7. The van der Waals surface area contributed by atoms with Gasteiger partial charge in [0.2, 0.25) is 15.9 Å². The van der Waals surface area contributed by atoms with Gasteiger partial charge in [0.15, 0.2) is 6.04 Å². The van der Waals surface area contributed by atoms with E-state index in [1.807, 2.05) is 24.3 Å². The molecule has 2 aromatic carbocycles. The van der Waals surface area contributed by atoms with E-state index in [2.05, 4.69) is 15.0 Å². The van der Waals surface area contributed by atoms with Gasteiger partial charge in [-0.2, -0.15) is 0 Å². The molecule has 0 saturated heterocycles. The minimum Gasteiger partial charge on any atom is -0.467 e. The monoisotopic (exact) mass is 532 g/mol. The van der Waals surface area contributed by atoms with Crippen LogP contribution >= 0.6 is 0 Å². The average molecular weight is 533 g/mol. The zero-order valence-electron chi connectivity index (χ0n) is 20.6. The number of nitrogens with one attached hydrogen (secondary N) is 2. The van der Waals surface area contributed by atoms with Gasteiger partial charge in [-0.1, -0.05) is 49.2 Å². The second kappa shape index (κ2) is 11.2. The van der Waals surface area contributed by atoms with Crippen LogP contribution in [0.1, 0.15) is 37.5 Å². The van der Waals surface area contributed by atoms with Crippen LogP contribution in [-0.2, 0) is 19.6 Å². The van der Waals surface area contributed by atoms with Crippen molar-refractivity contribution in [2.75, 3.05) is 11.4 Å². The number of sulfonamides is 1. The average Bonchev–Trinajstić information content (AvgIpc) is 3.65. The molecule has 5 rings (SSSR count). The number of nitrogens with zero attached hydrogens (tertiary/aromatic N) is 2. The Morgan fingerprint density at radius 3 is 2.47 bits per heavy atom. The molecule has 1 fully saturated rings. The summed E-state index contributed by atoms with van der Waals surface area (Å²) in [4.78, 5) is 33.2. The third kappa shape index (κ3) is 5.61. The van der Waals surface area contributed by atoms with E-state index >= 15 is 0 Å². The zero-order valence-corrected chi connectivity index (χ0v) is 21.4. The second-order valence-electron chi connectivity index (χ2n) is 9.20. The predicted molar refractivity (Wildman–Crippen MR) is 143 cm³/mol. The molecule has 10 heteroatoms. The van der Waals surface area contributed by atoms with E-state index in [1.54, 1.807) is 36.4 Å². The van der Waals surface area contributed by atoms with Gasteiger partial charge in [-0.25, -0.2) is 13.1 Å². The van der Waals surface area contributed by atoms with E-state index < -0.39 is 34.4 Å². The number of rotatable bonds is 9. The lowest BCUT2D eigenvalue weighted by atomic mass is 10.1. The summed E-state index contributed by atoms with van der Waals surface area (Å²) in [5.74, 6) is -0.781. The van der Waals surface area contributed by atoms with E-state index in [0.29, 0.717) is 5.69 Å². The van der Waals surface area contributed by atoms with Crippen molar-refractivity contribution in [3.8, 4) is 0 Å². The molecule has 1 aliphatic rings. The van der Waals surface area contributed by atoms with Crippen LogP contribution in [0.25, 0.3) is 10.9 Å². The number of para-hydroxylation sites is 1. The van der Waals surface area contributed by atoms with Crippen LogP contribution < -0.4 is 14.9 Å². The van der Waals surface area contributed by atoms with Gasteiger partial charge < -0.3 is 9.73 Å². The Labute approximate surface area is 220 Å². The van der Waals surface area contributed by atoms with Gasteiger partial charge in [-0.3, -0.25) is 19.5 Å². The van der Waals surface area contributed by atoms with Crippen LogP contribution in [0.5, 0.6) is 0 Å². The highest BCUT2D eigenvalue weighted by Gasteiger charge is 2.36. The third-order valence-corrected chi connectivity index (χ3v) is 8.03. The first-order valence-electron chi connectivity index (χ1n) is 12.5. The van der Waals surface area contributed by atoms with Crippen LogP contribution in [0.2, 0.25) is 0 Å². The fraction of sp³-hybridized carbons (Fsp3) is 0.250. The molecule has 4 aromatic rings. The van der Waals surface area contributed by atoms with Crippen LogP contribution in [0.4, 0.5) is 5.69 Å². The molecule has 38 heavy (non-hydrogen) atoms. The molecule has 2 heterocycles. The summed E-state index contributed by atoms with van der Waals surface area (Å²) in [6.07, 6.45) is 6.71. The first kappa shape index (κ1) is 25.6. The van der Waals surface area contributed by atoms with Gasteiger partial charge >= 0.3 is 0 Å². The lowest BCUT2D eigenvalue weighted by Gasteiger charge is -2.30. The fourth-order valence-electron chi connectivity index (χ4n) is 4.72. The van der Waals surface area contributed by atoms with Gasteiger partial charge in [0, 0.05) is 11.4 Å². The Hall–Kier alpha value is -4.02. The number of amides is 2. The summed E-state index contributed by atoms with van der Waals surface area (Å²) in [5, 5.41) is 3.82. The molecular weight excluding hydrogens is 504 g/mol. The number of aromatic nitrogens is 1. The zero-order chi connectivity index (χ0) is 26.5. The maximum Gasteiger partial charge on any atom is 0.251 e. The van der Waals surface area contributed by atoms with Crippen molar-refractivity contribution in [3.05, 3.63) is 91.0 Å². The van der Waals surface area contributed by atoms with E-state index in [4.69, 9.17) is 4.42 Å². The number of hydrogen-bond donors (Lipinski definition) is 2. The highest BCUT2D eigenvalue weighted by Crippen LogP contribution is 2.31. The number of benzene rings is 2. The van der Waals surface area contributed by atoms with Crippen molar-refractivity contribution in [1.82, 2.24) is 15.0 Å². The summed E-state index contributed by atoms with van der Waals surface area (Å²) in [7, 11) is -3.96. The Morgan fingerprint density at radius 1 is 1.00 bits per heavy atom. The van der Waals surface area contributed by atoms with Crippen molar-refractivity contribution < 1.29 is 22.4 Å². The Kier molecular flexibility index (Phi) is 7.52. The Balaban J connectivity index is 1.52. The SMILES string of the molecule is O=C(NC1CCCC1)C(c1ccco1)N(C(=O)CNS(=O)(=O)c1ccccc1)c1cnc2ccccc2c1. The topological polar surface area (TPSA) is 122 Å². The molecule has 1 unspecified atom stereocenters. The van der Waals surface area contributed by atoms with Crippen molar-refractivity contribution in [3.63, 3.8) is 0 Å². The standard InChI is InChI=1S/C28H28N4O5S/c33-26(19-30-38(35,36)23-12-2-1-3-13-23)32(22-17-20-9-4-7-14-24(20)29-18-22)27(25-15-8-16-37-25)28(34)31-21-10-5-6-11-21/h1-4,7-9,12-18,21,27,30H,5-6,10-11,19H2,(H,31,34). The Morgan fingerprint density at radius 2 is 1.74 bits per heavy atom. The van der Waals surface area contributed by atoms with Gasteiger partial charge in [-0.15, -0.1) is 0 Å². The number of carbonyl (C=O) groups is 2. The van der Waals surface area contributed by atoms with Crippen LogP contribution in [0, 0.1) is 0 Å². The molecule has 1 aliphatic carbocycles. The highest BCUT2D eigenvalue weighted by molar-refractivity contribution is 7.89. The summed E-state index contributed by atoms with van der Waals surface area (Å²) in [6.45, 7) is -0.571. The number of pyridine rings is 1. The molecule has 0 radical (unpaired) electrons. The van der Waals surface area contributed by atoms with Gasteiger partial charge in [0.05, 0.1) is 35.1 Å². The first-order valence-corrected chi connectivity index (χ1v) is 14.0. The molecule has 0 aliphatic heterocycles. The minimum atomic E-state index is -3.96. The largest absolute Gasteiger partial charge is 0.467 e. The fourth-order valence-corrected chi connectivity index (χ4v) is 5.72. The first-order chi connectivity index (χ1) is 18.4. The second-order valence-corrected chi connectivity index (χ2v) is 11.0. The summed E-state index contributed by atoms with van der Waals surface area (Å²) in [6, 6.07) is 19.1. The quantitative estimate of drug-likeness (QED) is 0.337. The van der Waals surface area contributed by atoms with Crippen LogP contribution in [0.15, 0.2) is 94.6 Å². The normalized spacial score (nSPS) is 14.8. The predicted octanol–water partition coefficient (Wildman–Crippen LogP) is 3.94. The van der Waals surface area contributed by atoms with Crippen molar-refractivity contribution in [1.29, 1.82) is 0 Å². The Bertz CT molecular complexity index is 1520. The van der Waals surface area contributed by atoms with E-state index in [-0.39, 0.29) is 16.7 Å². The molecule has 2 aromatic heterocycles. The van der Waals surface area contributed by atoms with Crippen LogP contribution in [-0.4, -0.2) is 37.8 Å². The maximum absolute atomic E-state index is 13.8. The molecule has 1 saturated carbocycles. The number of fused-ring (bicyclic) bond motifs is 1. The number of hydrogen-bond acceptors (Lipinski definition) is 6. The van der Waals surface area contributed by atoms with Crippen molar-refractivity contribution in [2.45, 2.75) is 42.7 Å². The molecule has 2 N–H and O–H groups in total. The minimum absolute atomic E-state index is 0.00299. The molecule has 9 nitrogen and oxygen atoms in total. The molecule has 1 atom stereocenters. The molecule has 0 bridgehead atoms. The summed E-state index contributed by atoms with van der Waals surface area (Å²) in [5.41, 5.74) is 1.06. The van der Waals surface area contributed by atoms with Crippen molar-refractivity contribution >= 4 is 38.4 Å². The smallest absolute Gasteiger partial charge is 0.251 e. The third-order valence-electron chi connectivity index (χ3n) is 6.61. The number of furan rings is 1. The van der Waals surface area contributed by atoms with E-state index in [9.17, 15) is 18.0 Å². The van der Waals surface area contributed by atoms with Crippen LogP contribution in [0.3, 0.4) is 0 Å². The molecule has 196 valence electrons. The van der Waals surface area contributed by atoms with E-state index in [0.717, 1.165) is 36.6 Å². The van der Waals surface area contributed by atoms with Crippen molar-refractivity contribution in [2.24, 2.45) is 0 Å². The maximum atomic E-state index is 13.8. The molecule has 2 amide bonds. The van der Waals surface area contributed by atoms with Gasteiger partial charge in [0.25, 0.3) is 5.91 Å². The summed E-state index contributed by atoms with van der Waals surface area (Å²) >= 11 is 0. The lowest BCUT2D eigenvalue weighted by Crippen LogP contribution is -2.49. The van der Waals surface area contributed by atoms with Gasteiger partial charge in [-0.05, 0) is 49.2 Å². The lowest BCUT2D eigenvalue weighted by molar-refractivity contribution is -0.127. The van der Waals surface area contributed by atoms with Gasteiger partial charge in [0.1, 0.15) is 5.76 Å². The molecule has 0 spiro atoms.